The van der Waals surface area contributed by atoms with Gasteiger partial charge in [0.25, 0.3) is 11.8 Å². The SMILES string of the molecule is CCc1ccc(C(=O)COC(=O)c2ccc3c(c2)C(=O)N(Cc2ccccc2)C3=O)cc1. The highest BCUT2D eigenvalue weighted by Crippen LogP contribution is 2.26. The number of carbonyl (C=O) groups excluding carboxylic acids is 4. The Morgan fingerprint density at radius 3 is 2.12 bits per heavy atom. The monoisotopic (exact) mass is 427 g/mol. The number of carbonyl (C=O) groups is 4. The second kappa shape index (κ2) is 8.98. The summed E-state index contributed by atoms with van der Waals surface area (Å²) in [5, 5.41) is 0. The quantitative estimate of drug-likeness (QED) is 0.322. The second-order valence-corrected chi connectivity index (χ2v) is 7.49. The third kappa shape index (κ3) is 4.21. The molecule has 0 radical (unpaired) electrons. The maximum atomic E-state index is 12.8. The molecule has 0 aliphatic carbocycles. The summed E-state index contributed by atoms with van der Waals surface area (Å²) in [6, 6.07) is 20.5. The van der Waals surface area contributed by atoms with Crippen molar-refractivity contribution >= 4 is 23.6 Å². The van der Waals surface area contributed by atoms with E-state index in [-0.39, 0.29) is 29.0 Å². The van der Waals surface area contributed by atoms with Gasteiger partial charge in [-0.3, -0.25) is 19.3 Å². The molecule has 0 saturated heterocycles. The van der Waals surface area contributed by atoms with E-state index < -0.39 is 24.4 Å². The van der Waals surface area contributed by atoms with Gasteiger partial charge in [-0.25, -0.2) is 4.79 Å². The van der Waals surface area contributed by atoms with Crippen LogP contribution in [0, 0.1) is 0 Å². The number of Topliss-reactive ketones (excluding diaryl/α,β-unsaturated/α-hetero) is 1. The molecule has 6 heteroatoms. The number of fused-ring (bicyclic) bond motifs is 1. The van der Waals surface area contributed by atoms with Crippen LogP contribution in [-0.4, -0.2) is 35.1 Å². The van der Waals surface area contributed by atoms with E-state index in [4.69, 9.17) is 4.74 Å². The highest BCUT2D eigenvalue weighted by Gasteiger charge is 2.36. The lowest BCUT2D eigenvalue weighted by atomic mass is 10.1. The summed E-state index contributed by atoms with van der Waals surface area (Å²) in [7, 11) is 0. The number of imide groups is 1. The molecule has 3 aromatic rings. The minimum Gasteiger partial charge on any atom is -0.454 e. The van der Waals surface area contributed by atoms with Crippen molar-refractivity contribution in [3.63, 3.8) is 0 Å². The predicted octanol–water partition coefficient (Wildman–Crippen LogP) is 4.08. The van der Waals surface area contributed by atoms with Gasteiger partial charge in [0, 0.05) is 5.56 Å². The molecule has 160 valence electrons. The zero-order chi connectivity index (χ0) is 22.7. The third-order valence-corrected chi connectivity index (χ3v) is 5.41. The summed E-state index contributed by atoms with van der Waals surface area (Å²) in [4.78, 5) is 51.3. The van der Waals surface area contributed by atoms with Crippen LogP contribution < -0.4 is 0 Å². The Balaban J connectivity index is 1.44. The fraction of sp³-hybridized carbons (Fsp3) is 0.154. The lowest BCUT2D eigenvalue weighted by Gasteiger charge is -2.13. The lowest BCUT2D eigenvalue weighted by molar-refractivity contribution is 0.0474. The molecule has 6 nitrogen and oxygen atoms in total. The Hall–Kier alpha value is -4.06. The number of ketones is 1. The molecule has 0 N–H and O–H groups in total. The van der Waals surface area contributed by atoms with Crippen LogP contribution in [0.15, 0.2) is 72.8 Å². The Bertz CT molecular complexity index is 1200. The Kier molecular flexibility index (Phi) is 5.94. The summed E-state index contributed by atoms with van der Waals surface area (Å²) in [6.07, 6.45) is 0.867. The molecule has 0 saturated carbocycles. The van der Waals surface area contributed by atoms with Crippen molar-refractivity contribution in [2.75, 3.05) is 6.61 Å². The van der Waals surface area contributed by atoms with Gasteiger partial charge in [-0.1, -0.05) is 61.5 Å². The Labute approximate surface area is 185 Å². The fourth-order valence-corrected chi connectivity index (χ4v) is 3.55. The first-order valence-corrected chi connectivity index (χ1v) is 10.3. The Morgan fingerprint density at radius 2 is 1.44 bits per heavy atom. The number of nitrogens with zero attached hydrogens (tertiary/aromatic N) is 1. The van der Waals surface area contributed by atoms with Gasteiger partial charge in [0.15, 0.2) is 12.4 Å². The highest BCUT2D eigenvalue weighted by molar-refractivity contribution is 6.21. The number of ether oxygens (including phenoxy) is 1. The molecular formula is C26H21NO5. The number of rotatable bonds is 7. The van der Waals surface area contributed by atoms with Crippen LogP contribution in [0.1, 0.15) is 59.5 Å². The van der Waals surface area contributed by atoms with Crippen molar-refractivity contribution < 1.29 is 23.9 Å². The van der Waals surface area contributed by atoms with Gasteiger partial charge in [-0.05, 0) is 35.7 Å². The van der Waals surface area contributed by atoms with Crippen LogP contribution in [0.5, 0.6) is 0 Å². The van der Waals surface area contributed by atoms with Crippen molar-refractivity contribution in [2.24, 2.45) is 0 Å². The van der Waals surface area contributed by atoms with Crippen molar-refractivity contribution in [3.05, 3.63) is 106 Å². The van der Waals surface area contributed by atoms with Gasteiger partial charge in [0.05, 0.1) is 23.2 Å². The normalized spacial score (nSPS) is 12.6. The largest absolute Gasteiger partial charge is 0.454 e. The van der Waals surface area contributed by atoms with Gasteiger partial charge >= 0.3 is 5.97 Å². The molecule has 1 aliphatic rings. The van der Waals surface area contributed by atoms with Gasteiger partial charge in [0.2, 0.25) is 0 Å². The topological polar surface area (TPSA) is 80.8 Å². The number of amides is 2. The van der Waals surface area contributed by atoms with Gasteiger partial charge in [-0.2, -0.15) is 0 Å². The standard InChI is InChI=1S/C26H21NO5/c1-2-17-8-10-19(11-9-17)23(28)16-32-26(31)20-12-13-21-22(14-20)25(30)27(24(21)29)15-18-6-4-3-5-7-18/h3-14H,2,15-16H2,1H3. The van der Waals surface area contributed by atoms with E-state index in [1.807, 2.05) is 49.4 Å². The number of aryl methyl sites for hydroxylation is 1. The van der Waals surface area contributed by atoms with E-state index >= 15 is 0 Å². The summed E-state index contributed by atoms with van der Waals surface area (Å²) in [6.45, 7) is 1.76. The molecule has 0 atom stereocenters. The first-order chi connectivity index (χ1) is 15.5. The summed E-state index contributed by atoms with van der Waals surface area (Å²) >= 11 is 0. The molecule has 0 fully saturated rings. The average molecular weight is 427 g/mol. The first kappa shape index (κ1) is 21.2. The number of hydrogen-bond donors (Lipinski definition) is 0. The van der Waals surface area contributed by atoms with Gasteiger partial charge < -0.3 is 4.74 Å². The van der Waals surface area contributed by atoms with E-state index in [0.717, 1.165) is 22.4 Å². The lowest BCUT2D eigenvalue weighted by Crippen LogP contribution is -2.29. The van der Waals surface area contributed by atoms with E-state index in [2.05, 4.69) is 0 Å². The van der Waals surface area contributed by atoms with E-state index in [0.29, 0.717) is 5.56 Å². The molecule has 0 spiro atoms. The molecule has 1 aliphatic heterocycles. The molecular weight excluding hydrogens is 406 g/mol. The molecule has 0 aromatic heterocycles. The van der Waals surface area contributed by atoms with E-state index in [1.54, 1.807) is 12.1 Å². The molecule has 32 heavy (non-hydrogen) atoms. The van der Waals surface area contributed by atoms with Crippen LogP contribution in [0.2, 0.25) is 0 Å². The first-order valence-electron chi connectivity index (χ1n) is 10.3. The molecule has 4 rings (SSSR count). The van der Waals surface area contributed by atoms with Crippen LogP contribution in [0.4, 0.5) is 0 Å². The highest BCUT2D eigenvalue weighted by atomic mass is 16.5. The summed E-state index contributed by atoms with van der Waals surface area (Å²) in [5.74, 6) is -1.91. The van der Waals surface area contributed by atoms with Crippen LogP contribution >= 0.6 is 0 Å². The second-order valence-electron chi connectivity index (χ2n) is 7.49. The molecule has 0 bridgehead atoms. The fourth-order valence-electron chi connectivity index (χ4n) is 3.55. The maximum Gasteiger partial charge on any atom is 0.338 e. The summed E-state index contributed by atoms with van der Waals surface area (Å²) < 4.78 is 5.15. The minimum absolute atomic E-state index is 0.112. The predicted molar refractivity (Wildman–Crippen MR) is 118 cm³/mol. The number of hydrogen-bond acceptors (Lipinski definition) is 5. The van der Waals surface area contributed by atoms with Crippen molar-refractivity contribution in [1.82, 2.24) is 4.90 Å². The maximum absolute atomic E-state index is 12.8. The number of esters is 1. The minimum atomic E-state index is -0.729. The Morgan fingerprint density at radius 1 is 0.781 bits per heavy atom. The van der Waals surface area contributed by atoms with Gasteiger partial charge in [-0.15, -0.1) is 0 Å². The van der Waals surface area contributed by atoms with Gasteiger partial charge in [0.1, 0.15) is 0 Å². The molecule has 2 amide bonds. The molecule has 1 heterocycles. The van der Waals surface area contributed by atoms with Crippen molar-refractivity contribution in [1.29, 1.82) is 0 Å². The van der Waals surface area contributed by atoms with Crippen molar-refractivity contribution in [3.8, 4) is 0 Å². The van der Waals surface area contributed by atoms with Crippen LogP contribution in [-0.2, 0) is 17.7 Å². The number of benzene rings is 3. The smallest absolute Gasteiger partial charge is 0.338 e. The third-order valence-electron chi connectivity index (χ3n) is 5.41. The van der Waals surface area contributed by atoms with E-state index in [1.165, 1.54) is 18.2 Å². The zero-order valence-electron chi connectivity index (χ0n) is 17.5. The molecule has 0 unspecified atom stereocenters. The summed E-state index contributed by atoms with van der Waals surface area (Å²) in [5.41, 5.74) is 2.91. The van der Waals surface area contributed by atoms with Crippen molar-refractivity contribution in [2.45, 2.75) is 19.9 Å². The van der Waals surface area contributed by atoms with E-state index in [9.17, 15) is 19.2 Å². The van der Waals surface area contributed by atoms with Crippen LogP contribution in [0.3, 0.4) is 0 Å². The molecule has 3 aromatic carbocycles. The van der Waals surface area contributed by atoms with Crippen LogP contribution in [0.25, 0.3) is 0 Å². The average Bonchev–Trinajstić information content (AvgIpc) is 3.07. The zero-order valence-corrected chi connectivity index (χ0v) is 17.5.